The molecule has 5 atom stereocenters. The van der Waals surface area contributed by atoms with Gasteiger partial charge in [-0.15, -0.1) is 0 Å². The molecule has 0 aromatic carbocycles. The van der Waals surface area contributed by atoms with Crippen LogP contribution in [0.5, 0.6) is 0 Å². The van der Waals surface area contributed by atoms with Gasteiger partial charge in [0.1, 0.15) is 19.3 Å². The number of aliphatic hydroxyl groups excluding tert-OH is 1. The highest BCUT2D eigenvalue weighted by molar-refractivity contribution is 7.47. The molecule has 0 aliphatic carbocycles. The summed E-state index contributed by atoms with van der Waals surface area (Å²) in [6.45, 7) is 11.9. The van der Waals surface area contributed by atoms with Gasteiger partial charge in [-0.1, -0.05) is 318 Å². The molecule has 0 spiro atoms. The monoisotopic (exact) mass is 1350 g/mol. The van der Waals surface area contributed by atoms with Gasteiger partial charge in [0.2, 0.25) is 0 Å². The third kappa shape index (κ3) is 66.7. The summed E-state index contributed by atoms with van der Waals surface area (Å²) in [5, 5.41) is 10.6. The number of rotatable bonds is 71. The third-order valence-corrected chi connectivity index (χ3v) is 18.8. The minimum absolute atomic E-state index is 0.106. The number of hydrogen-bond acceptors (Lipinski definition) is 15. The van der Waals surface area contributed by atoms with Crippen LogP contribution in [-0.4, -0.2) is 96.7 Å². The number of unbranched alkanes of at least 4 members (excludes halogenated alkanes) is 39. The highest BCUT2D eigenvalue weighted by Gasteiger charge is 2.30. The van der Waals surface area contributed by atoms with Crippen molar-refractivity contribution in [1.29, 1.82) is 0 Å². The highest BCUT2D eigenvalue weighted by atomic mass is 31.2. The molecule has 0 saturated heterocycles. The molecule has 0 radical (unpaired) electrons. The Balaban J connectivity index is 5.22. The number of hydrogen-bond donors (Lipinski definition) is 3. The van der Waals surface area contributed by atoms with Crippen LogP contribution in [0, 0.1) is 17.8 Å². The smallest absolute Gasteiger partial charge is 0.462 e. The molecule has 3 N–H and O–H groups in total. The normalized spacial score (nSPS) is 14.1. The fraction of sp³-hybridized carbons (Fsp3) is 0.945. The lowest BCUT2D eigenvalue weighted by Crippen LogP contribution is -2.30. The Kier molecular flexibility index (Phi) is 62.4. The Hall–Kier alpha value is -1.94. The number of aliphatic hydroxyl groups is 1. The van der Waals surface area contributed by atoms with E-state index in [2.05, 4.69) is 48.5 Å². The molecule has 0 aliphatic rings. The van der Waals surface area contributed by atoms with Crippen molar-refractivity contribution in [3.63, 3.8) is 0 Å². The van der Waals surface area contributed by atoms with E-state index < -0.39 is 97.5 Å². The topological polar surface area (TPSA) is 237 Å². The van der Waals surface area contributed by atoms with E-state index in [9.17, 15) is 43.2 Å². The predicted octanol–water partition coefficient (Wildman–Crippen LogP) is 21.0. The lowest BCUT2D eigenvalue weighted by Gasteiger charge is -2.21. The van der Waals surface area contributed by atoms with Crippen LogP contribution < -0.4 is 0 Å². The van der Waals surface area contributed by atoms with Gasteiger partial charge in [-0.05, 0) is 43.4 Å². The van der Waals surface area contributed by atoms with E-state index in [0.29, 0.717) is 25.7 Å². The number of carbonyl (C=O) groups is 4. The Bertz CT molecular complexity index is 1800. The second-order valence-corrected chi connectivity index (χ2v) is 30.7. The second-order valence-electron chi connectivity index (χ2n) is 27.8. The van der Waals surface area contributed by atoms with Crippen molar-refractivity contribution in [2.45, 2.75) is 388 Å². The first-order valence-electron chi connectivity index (χ1n) is 37.8. The van der Waals surface area contributed by atoms with E-state index in [1.807, 2.05) is 0 Å². The van der Waals surface area contributed by atoms with Crippen molar-refractivity contribution in [2.24, 2.45) is 17.8 Å². The SMILES string of the molecule is CCCCCCCCCCC(=O)OC[C@H](COP(=O)(O)OC[C@H](O)COP(=O)(O)OC[C@@H](COC(=O)CCCCCCCCCCCCC(C)C)OC(=O)CCCCCCCCCCCCCCCCCC(C)C)OC(=O)CCCCCCCCCCCCC(C)C. The van der Waals surface area contributed by atoms with Crippen LogP contribution >= 0.6 is 15.6 Å². The second kappa shape index (κ2) is 63.8. The molecule has 0 fully saturated rings. The summed E-state index contributed by atoms with van der Waals surface area (Å²) in [6.07, 6.45) is 48.6. The average Bonchev–Trinajstić information content (AvgIpc) is 3.73. The molecule has 546 valence electrons. The minimum atomic E-state index is -4.95. The fourth-order valence-electron chi connectivity index (χ4n) is 11.1. The number of ether oxygens (including phenoxy) is 4. The maximum absolute atomic E-state index is 13.1. The van der Waals surface area contributed by atoms with E-state index >= 15 is 0 Å². The van der Waals surface area contributed by atoms with Crippen molar-refractivity contribution in [3.8, 4) is 0 Å². The molecule has 0 amide bonds. The summed E-state index contributed by atoms with van der Waals surface area (Å²) in [4.78, 5) is 72.6. The van der Waals surface area contributed by atoms with Gasteiger partial charge >= 0.3 is 39.5 Å². The van der Waals surface area contributed by atoms with Gasteiger partial charge in [-0.2, -0.15) is 0 Å². The summed E-state index contributed by atoms with van der Waals surface area (Å²) >= 11 is 0. The zero-order valence-electron chi connectivity index (χ0n) is 60.0. The Morgan fingerprint density at radius 1 is 0.293 bits per heavy atom. The molecule has 0 aromatic rings. The average molecular weight is 1350 g/mol. The number of phosphoric acid groups is 2. The van der Waals surface area contributed by atoms with Crippen molar-refractivity contribution in [1.82, 2.24) is 0 Å². The third-order valence-electron chi connectivity index (χ3n) is 16.9. The standard InChI is InChI=1S/C73H142O17P2/c1-8-9-10-11-12-33-40-47-54-70(75)83-60-68(89-73(78)57-50-43-36-29-23-21-26-32-39-46-53-66(6)7)62-87-91(79,80)85-58-67(74)59-86-92(81,82)88-63-69(61-84-71(76)55-48-41-34-27-22-20-25-31-38-45-52-65(4)5)90-72(77)56-49-42-35-28-19-17-15-13-14-16-18-24-30-37-44-51-64(2)3/h64-69,74H,8-63H2,1-7H3,(H,79,80)(H,81,82)/t67-,68+,69+/m0/s1. The van der Waals surface area contributed by atoms with Crippen molar-refractivity contribution >= 4 is 39.5 Å². The lowest BCUT2D eigenvalue weighted by molar-refractivity contribution is -0.161. The van der Waals surface area contributed by atoms with Gasteiger partial charge in [0.05, 0.1) is 26.4 Å². The summed E-state index contributed by atoms with van der Waals surface area (Å²) in [7, 11) is -9.90. The number of esters is 4. The van der Waals surface area contributed by atoms with Gasteiger partial charge in [-0.25, -0.2) is 9.13 Å². The first-order valence-corrected chi connectivity index (χ1v) is 40.8. The summed E-state index contributed by atoms with van der Waals surface area (Å²) in [5.41, 5.74) is 0. The Morgan fingerprint density at radius 2 is 0.500 bits per heavy atom. The van der Waals surface area contributed by atoms with Gasteiger partial charge in [0, 0.05) is 25.7 Å². The van der Waals surface area contributed by atoms with E-state index in [4.69, 9.17) is 37.0 Å². The number of carbonyl (C=O) groups excluding carboxylic acids is 4. The van der Waals surface area contributed by atoms with Crippen LogP contribution in [0.4, 0.5) is 0 Å². The van der Waals surface area contributed by atoms with E-state index in [-0.39, 0.29) is 25.7 Å². The molecule has 0 aliphatic heterocycles. The molecule has 19 heteroatoms. The van der Waals surface area contributed by atoms with Crippen molar-refractivity contribution in [2.75, 3.05) is 39.6 Å². The zero-order chi connectivity index (χ0) is 68.0. The van der Waals surface area contributed by atoms with Gasteiger partial charge in [-0.3, -0.25) is 37.3 Å². The lowest BCUT2D eigenvalue weighted by atomic mass is 10.0. The van der Waals surface area contributed by atoms with E-state index in [1.54, 1.807) is 0 Å². The maximum Gasteiger partial charge on any atom is 0.472 e. The molecule has 0 aromatic heterocycles. The van der Waals surface area contributed by atoms with E-state index in [1.165, 1.54) is 173 Å². The van der Waals surface area contributed by atoms with Crippen LogP contribution in [-0.2, 0) is 65.4 Å². The quantitative estimate of drug-likeness (QED) is 0.0222. The molecule has 0 bridgehead atoms. The Labute approximate surface area is 562 Å². The van der Waals surface area contributed by atoms with Gasteiger partial charge in [0.25, 0.3) is 0 Å². The van der Waals surface area contributed by atoms with Gasteiger partial charge in [0.15, 0.2) is 12.2 Å². The molecule has 0 saturated carbocycles. The minimum Gasteiger partial charge on any atom is -0.462 e. The predicted molar refractivity (Wildman–Crippen MR) is 372 cm³/mol. The van der Waals surface area contributed by atoms with Crippen molar-refractivity contribution in [3.05, 3.63) is 0 Å². The number of phosphoric ester groups is 2. The first-order chi connectivity index (χ1) is 44.2. The van der Waals surface area contributed by atoms with Crippen LogP contribution in [0.1, 0.15) is 370 Å². The molecule has 0 heterocycles. The maximum atomic E-state index is 13.1. The molecule has 0 rings (SSSR count). The summed E-state index contributed by atoms with van der Waals surface area (Å²) in [6, 6.07) is 0. The highest BCUT2D eigenvalue weighted by Crippen LogP contribution is 2.45. The molecular weight excluding hydrogens is 1210 g/mol. The van der Waals surface area contributed by atoms with Crippen LogP contribution in [0.3, 0.4) is 0 Å². The zero-order valence-corrected chi connectivity index (χ0v) is 61.8. The van der Waals surface area contributed by atoms with Crippen LogP contribution in [0.2, 0.25) is 0 Å². The molecular formula is C73H142O17P2. The molecule has 2 unspecified atom stereocenters. The van der Waals surface area contributed by atoms with E-state index in [0.717, 1.165) is 114 Å². The first kappa shape index (κ1) is 90.1. The largest absolute Gasteiger partial charge is 0.472 e. The van der Waals surface area contributed by atoms with Crippen molar-refractivity contribution < 1.29 is 80.2 Å². The summed E-state index contributed by atoms with van der Waals surface area (Å²) in [5.74, 6) is 0.189. The van der Waals surface area contributed by atoms with Crippen LogP contribution in [0.15, 0.2) is 0 Å². The van der Waals surface area contributed by atoms with Gasteiger partial charge < -0.3 is 33.8 Å². The summed E-state index contributed by atoms with van der Waals surface area (Å²) < 4.78 is 68.3. The fourth-order valence-corrected chi connectivity index (χ4v) is 12.7. The Morgan fingerprint density at radius 3 is 0.739 bits per heavy atom. The molecule has 17 nitrogen and oxygen atoms in total. The van der Waals surface area contributed by atoms with Crippen LogP contribution in [0.25, 0.3) is 0 Å². The molecule has 92 heavy (non-hydrogen) atoms.